The van der Waals surface area contributed by atoms with Gasteiger partial charge in [0.25, 0.3) is 5.91 Å². The summed E-state index contributed by atoms with van der Waals surface area (Å²) >= 11 is 0. The number of rotatable bonds is 6. The third-order valence-electron chi connectivity index (χ3n) is 4.61. The van der Waals surface area contributed by atoms with Gasteiger partial charge in [0.15, 0.2) is 5.76 Å². The second-order valence-electron chi connectivity index (χ2n) is 7.24. The molecule has 1 aromatic heterocycles. The summed E-state index contributed by atoms with van der Waals surface area (Å²) in [7, 11) is 0. The van der Waals surface area contributed by atoms with Crippen LogP contribution < -0.4 is 10.6 Å². The van der Waals surface area contributed by atoms with Crippen LogP contribution in [0.1, 0.15) is 72.9 Å². The lowest BCUT2D eigenvalue weighted by Gasteiger charge is -2.15. The maximum Gasteiger partial charge on any atom is 0.257 e. The summed E-state index contributed by atoms with van der Waals surface area (Å²) in [6, 6.07) is 7.38. The first-order valence-corrected chi connectivity index (χ1v) is 9.04. The lowest BCUT2D eigenvalue weighted by Crippen LogP contribution is -2.27. The molecule has 0 bridgehead atoms. The number of amides is 2. The van der Waals surface area contributed by atoms with Crippen LogP contribution in [0, 0.1) is 12.8 Å². The standard InChI is InChI=1S/C20H25N3O3/c1-11(2)18-17(13(4)23-26-18)20(25)21-12(3)14-7-9-16(10-8-14)22-19(24)15-5-6-15/h7-12,15H,5-6H2,1-4H3,(H,21,25)(H,22,24). The zero-order chi connectivity index (χ0) is 18.8. The highest BCUT2D eigenvalue weighted by Crippen LogP contribution is 2.30. The Bertz CT molecular complexity index is 804. The first kappa shape index (κ1) is 18.2. The van der Waals surface area contributed by atoms with Crippen LogP contribution in [0.25, 0.3) is 0 Å². The molecule has 0 radical (unpaired) electrons. The molecular formula is C20H25N3O3. The van der Waals surface area contributed by atoms with Crippen molar-refractivity contribution in [2.75, 3.05) is 5.32 Å². The topological polar surface area (TPSA) is 84.2 Å². The van der Waals surface area contributed by atoms with E-state index in [1.54, 1.807) is 6.92 Å². The Morgan fingerprint density at radius 2 is 1.81 bits per heavy atom. The van der Waals surface area contributed by atoms with E-state index in [9.17, 15) is 9.59 Å². The van der Waals surface area contributed by atoms with E-state index in [0.717, 1.165) is 24.1 Å². The molecular weight excluding hydrogens is 330 g/mol. The minimum atomic E-state index is -0.189. The molecule has 6 heteroatoms. The molecule has 0 saturated heterocycles. The largest absolute Gasteiger partial charge is 0.360 e. The van der Waals surface area contributed by atoms with Gasteiger partial charge in [0, 0.05) is 17.5 Å². The number of aromatic nitrogens is 1. The summed E-state index contributed by atoms with van der Waals surface area (Å²) in [5.74, 6) is 0.760. The molecule has 1 saturated carbocycles. The molecule has 1 unspecified atom stereocenters. The number of aryl methyl sites for hydroxylation is 1. The second-order valence-corrected chi connectivity index (χ2v) is 7.24. The fraction of sp³-hybridized carbons (Fsp3) is 0.450. The number of nitrogens with one attached hydrogen (secondary N) is 2. The second kappa shape index (κ2) is 7.32. The Hall–Kier alpha value is -2.63. The number of hydrogen-bond donors (Lipinski definition) is 2. The van der Waals surface area contributed by atoms with Crippen molar-refractivity contribution in [1.82, 2.24) is 10.5 Å². The van der Waals surface area contributed by atoms with E-state index in [2.05, 4.69) is 15.8 Å². The van der Waals surface area contributed by atoms with Crippen LogP contribution in [0.4, 0.5) is 5.69 Å². The van der Waals surface area contributed by atoms with Crippen molar-refractivity contribution in [1.29, 1.82) is 0 Å². The van der Waals surface area contributed by atoms with Crippen molar-refractivity contribution in [2.45, 2.75) is 52.5 Å². The minimum Gasteiger partial charge on any atom is -0.360 e. The van der Waals surface area contributed by atoms with Crippen LogP contribution in [-0.4, -0.2) is 17.0 Å². The van der Waals surface area contributed by atoms with Crippen LogP contribution in [0.2, 0.25) is 0 Å². The van der Waals surface area contributed by atoms with Crippen molar-refractivity contribution >= 4 is 17.5 Å². The molecule has 3 rings (SSSR count). The molecule has 2 aromatic rings. The summed E-state index contributed by atoms with van der Waals surface area (Å²) in [4.78, 5) is 24.5. The molecule has 2 amide bonds. The third kappa shape index (κ3) is 3.95. The minimum absolute atomic E-state index is 0.0848. The predicted octanol–water partition coefficient (Wildman–Crippen LogP) is 3.95. The highest BCUT2D eigenvalue weighted by molar-refractivity contribution is 5.96. The summed E-state index contributed by atoms with van der Waals surface area (Å²) in [5, 5.41) is 9.83. The Morgan fingerprint density at radius 3 is 2.38 bits per heavy atom. The normalized spacial score (nSPS) is 15.0. The van der Waals surface area contributed by atoms with Crippen molar-refractivity contribution in [3.63, 3.8) is 0 Å². The van der Waals surface area contributed by atoms with Crippen molar-refractivity contribution in [3.05, 3.63) is 46.8 Å². The van der Waals surface area contributed by atoms with Crippen LogP contribution in [-0.2, 0) is 4.79 Å². The van der Waals surface area contributed by atoms with Gasteiger partial charge in [-0.15, -0.1) is 0 Å². The van der Waals surface area contributed by atoms with Gasteiger partial charge in [-0.2, -0.15) is 0 Å². The van der Waals surface area contributed by atoms with Gasteiger partial charge in [-0.3, -0.25) is 9.59 Å². The lowest BCUT2D eigenvalue weighted by atomic mass is 10.0. The first-order valence-electron chi connectivity index (χ1n) is 9.04. The summed E-state index contributed by atoms with van der Waals surface area (Å²) in [5.41, 5.74) is 2.85. The zero-order valence-corrected chi connectivity index (χ0v) is 15.6. The van der Waals surface area contributed by atoms with Gasteiger partial charge in [0.1, 0.15) is 5.56 Å². The lowest BCUT2D eigenvalue weighted by molar-refractivity contribution is -0.117. The van der Waals surface area contributed by atoms with E-state index in [1.807, 2.05) is 45.0 Å². The average molecular weight is 355 g/mol. The van der Waals surface area contributed by atoms with Gasteiger partial charge in [-0.25, -0.2) is 0 Å². The molecule has 6 nitrogen and oxygen atoms in total. The number of carbonyl (C=O) groups excluding carboxylic acids is 2. The van der Waals surface area contributed by atoms with Crippen molar-refractivity contribution < 1.29 is 14.1 Å². The molecule has 138 valence electrons. The highest BCUT2D eigenvalue weighted by atomic mass is 16.5. The molecule has 1 fully saturated rings. The SMILES string of the molecule is Cc1noc(C(C)C)c1C(=O)NC(C)c1ccc(NC(=O)C2CC2)cc1. The molecule has 1 aliphatic rings. The van der Waals surface area contributed by atoms with E-state index in [-0.39, 0.29) is 29.7 Å². The quantitative estimate of drug-likeness (QED) is 0.822. The van der Waals surface area contributed by atoms with Gasteiger partial charge in [-0.1, -0.05) is 31.1 Å². The van der Waals surface area contributed by atoms with Crippen LogP contribution in [0.5, 0.6) is 0 Å². The summed E-state index contributed by atoms with van der Waals surface area (Å²) in [6.07, 6.45) is 1.96. The van der Waals surface area contributed by atoms with E-state index in [0.29, 0.717) is 17.0 Å². The van der Waals surface area contributed by atoms with Crippen molar-refractivity contribution in [2.24, 2.45) is 5.92 Å². The Morgan fingerprint density at radius 1 is 1.15 bits per heavy atom. The Balaban J connectivity index is 1.66. The van der Waals surface area contributed by atoms with Gasteiger partial charge in [0.05, 0.1) is 11.7 Å². The predicted molar refractivity (Wildman–Crippen MR) is 99.0 cm³/mol. The summed E-state index contributed by atoms with van der Waals surface area (Å²) in [6.45, 7) is 7.63. The smallest absolute Gasteiger partial charge is 0.257 e. The Kier molecular flexibility index (Phi) is 5.11. The van der Waals surface area contributed by atoms with Crippen LogP contribution >= 0.6 is 0 Å². The fourth-order valence-electron chi connectivity index (χ4n) is 2.85. The molecule has 2 N–H and O–H groups in total. The maximum absolute atomic E-state index is 12.7. The number of benzene rings is 1. The van der Waals surface area contributed by atoms with Crippen LogP contribution in [0.15, 0.2) is 28.8 Å². The average Bonchev–Trinajstić information content (AvgIpc) is 3.37. The van der Waals surface area contributed by atoms with E-state index >= 15 is 0 Å². The van der Waals surface area contributed by atoms with Gasteiger partial charge < -0.3 is 15.2 Å². The molecule has 0 spiro atoms. The molecule has 1 heterocycles. The van der Waals surface area contributed by atoms with Gasteiger partial charge in [-0.05, 0) is 44.4 Å². The van der Waals surface area contributed by atoms with Crippen molar-refractivity contribution in [3.8, 4) is 0 Å². The maximum atomic E-state index is 12.7. The highest BCUT2D eigenvalue weighted by Gasteiger charge is 2.29. The van der Waals surface area contributed by atoms with E-state index in [1.165, 1.54) is 0 Å². The number of carbonyl (C=O) groups is 2. The molecule has 26 heavy (non-hydrogen) atoms. The zero-order valence-electron chi connectivity index (χ0n) is 15.6. The third-order valence-corrected chi connectivity index (χ3v) is 4.61. The van der Waals surface area contributed by atoms with Gasteiger partial charge >= 0.3 is 0 Å². The number of hydrogen-bond acceptors (Lipinski definition) is 4. The molecule has 1 atom stereocenters. The van der Waals surface area contributed by atoms with Crippen LogP contribution in [0.3, 0.4) is 0 Å². The monoisotopic (exact) mass is 355 g/mol. The van der Waals surface area contributed by atoms with E-state index in [4.69, 9.17) is 4.52 Å². The fourth-order valence-corrected chi connectivity index (χ4v) is 2.85. The first-order chi connectivity index (χ1) is 12.4. The van der Waals surface area contributed by atoms with Gasteiger partial charge in [0.2, 0.25) is 5.91 Å². The molecule has 1 aliphatic carbocycles. The molecule has 1 aromatic carbocycles. The number of nitrogens with zero attached hydrogens (tertiary/aromatic N) is 1. The summed E-state index contributed by atoms with van der Waals surface area (Å²) < 4.78 is 5.29. The van der Waals surface area contributed by atoms with E-state index < -0.39 is 0 Å². The molecule has 0 aliphatic heterocycles. The number of anilines is 1. The Labute approximate surface area is 153 Å².